The van der Waals surface area contributed by atoms with Crippen LogP contribution in [0.5, 0.6) is 0 Å². The zero-order valence-corrected chi connectivity index (χ0v) is 6.74. The zero-order valence-electron chi connectivity index (χ0n) is 5.92. The average molecular weight is 140 g/mol. The topological polar surface area (TPSA) is 0 Å². The van der Waals surface area contributed by atoms with E-state index in [-0.39, 0.29) is 0 Å². The maximum atomic E-state index is 4.83. The number of hydrogen-bond acceptors (Lipinski definition) is 1. The lowest BCUT2D eigenvalue weighted by Crippen LogP contribution is -1.83. The molecule has 0 saturated heterocycles. The molecule has 0 fully saturated rings. The largest absolute Gasteiger partial charge is 0.0801 e. The highest BCUT2D eigenvalue weighted by molar-refractivity contribution is 7.81. The van der Waals surface area contributed by atoms with Crippen LogP contribution in [0.25, 0.3) is 0 Å². The molecular formula is C8H12S. The van der Waals surface area contributed by atoms with E-state index in [0.29, 0.717) is 0 Å². The summed E-state index contributed by atoms with van der Waals surface area (Å²) >= 11 is 4.83. The molecule has 1 heteroatoms. The Morgan fingerprint density at radius 1 is 1.22 bits per heavy atom. The molecule has 0 spiro atoms. The second-order valence-corrected chi connectivity index (χ2v) is 1.91. The van der Waals surface area contributed by atoms with Crippen molar-refractivity contribution in [3.05, 3.63) is 24.3 Å². The van der Waals surface area contributed by atoms with Crippen molar-refractivity contribution in [2.24, 2.45) is 0 Å². The van der Waals surface area contributed by atoms with Crippen LogP contribution in [0.3, 0.4) is 0 Å². The van der Waals surface area contributed by atoms with Crippen LogP contribution in [0.1, 0.15) is 20.3 Å². The van der Waals surface area contributed by atoms with Crippen LogP contribution in [0.2, 0.25) is 0 Å². The lowest BCUT2D eigenvalue weighted by Gasteiger charge is -1.90. The summed E-state index contributed by atoms with van der Waals surface area (Å²) in [4.78, 5) is 0.936. The van der Waals surface area contributed by atoms with Crippen molar-refractivity contribution in [3.8, 4) is 0 Å². The van der Waals surface area contributed by atoms with Gasteiger partial charge in [0.2, 0.25) is 0 Å². The maximum absolute atomic E-state index is 4.83. The molecule has 0 heterocycles. The summed E-state index contributed by atoms with van der Waals surface area (Å²) in [5.41, 5.74) is 0. The fourth-order valence-corrected chi connectivity index (χ4v) is 0.695. The van der Waals surface area contributed by atoms with Gasteiger partial charge in [-0.15, -0.1) is 0 Å². The van der Waals surface area contributed by atoms with Gasteiger partial charge < -0.3 is 0 Å². The van der Waals surface area contributed by atoms with Crippen LogP contribution in [0, 0.1) is 0 Å². The van der Waals surface area contributed by atoms with Crippen molar-refractivity contribution < 1.29 is 0 Å². The first-order valence-corrected chi connectivity index (χ1v) is 3.67. The van der Waals surface area contributed by atoms with Gasteiger partial charge in [0.05, 0.1) is 0 Å². The SMILES string of the molecule is CC.S=C1C=CCC=C1. The van der Waals surface area contributed by atoms with Crippen molar-refractivity contribution in [1.82, 2.24) is 0 Å². The van der Waals surface area contributed by atoms with Crippen molar-refractivity contribution in [1.29, 1.82) is 0 Å². The van der Waals surface area contributed by atoms with Crippen molar-refractivity contribution in [2.75, 3.05) is 0 Å². The molecule has 0 unspecified atom stereocenters. The normalized spacial score (nSPS) is 14.7. The predicted molar refractivity (Wildman–Crippen MR) is 46.8 cm³/mol. The van der Waals surface area contributed by atoms with Crippen LogP contribution in [-0.4, -0.2) is 4.86 Å². The third-order valence-electron chi connectivity index (χ3n) is 0.836. The Balaban J connectivity index is 0.000000291. The second kappa shape index (κ2) is 5.70. The first-order chi connectivity index (χ1) is 4.39. The highest BCUT2D eigenvalue weighted by Crippen LogP contribution is 1.96. The summed E-state index contributed by atoms with van der Waals surface area (Å²) in [6.07, 6.45) is 9.06. The van der Waals surface area contributed by atoms with E-state index in [2.05, 4.69) is 12.2 Å². The molecule has 0 nitrogen and oxygen atoms in total. The summed E-state index contributed by atoms with van der Waals surface area (Å²) in [5.74, 6) is 0. The number of rotatable bonds is 0. The molecule has 1 aliphatic carbocycles. The Morgan fingerprint density at radius 2 is 1.67 bits per heavy atom. The number of allylic oxidation sites excluding steroid dienone is 4. The molecule has 1 aliphatic rings. The molecule has 50 valence electrons. The number of thiocarbonyl (C=S) groups is 1. The lowest BCUT2D eigenvalue weighted by molar-refractivity contribution is 1.39. The van der Waals surface area contributed by atoms with Gasteiger partial charge in [-0.25, -0.2) is 0 Å². The zero-order chi connectivity index (χ0) is 7.11. The number of hydrogen-bond donors (Lipinski definition) is 0. The Hall–Kier alpha value is -0.430. The van der Waals surface area contributed by atoms with Crippen molar-refractivity contribution in [2.45, 2.75) is 20.3 Å². The van der Waals surface area contributed by atoms with E-state index in [1.54, 1.807) is 0 Å². The first kappa shape index (κ1) is 8.57. The minimum Gasteiger partial charge on any atom is -0.0801 e. The third-order valence-corrected chi connectivity index (χ3v) is 1.11. The molecular weight excluding hydrogens is 128 g/mol. The molecule has 9 heavy (non-hydrogen) atoms. The van der Waals surface area contributed by atoms with Crippen LogP contribution in [-0.2, 0) is 0 Å². The fourth-order valence-electron chi connectivity index (χ4n) is 0.503. The standard InChI is InChI=1S/C6H6S.C2H6/c7-6-4-2-1-3-5-6;1-2/h2-5H,1H2;1-2H3. The Morgan fingerprint density at radius 3 is 1.89 bits per heavy atom. The Labute approximate surface area is 62.3 Å². The lowest BCUT2D eigenvalue weighted by atomic mass is 10.2. The molecule has 0 radical (unpaired) electrons. The molecule has 0 aliphatic heterocycles. The van der Waals surface area contributed by atoms with E-state index in [1.807, 2.05) is 26.0 Å². The first-order valence-electron chi connectivity index (χ1n) is 3.26. The van der Waals surface area contributed by atoms with E-state index >= 15 is 0 Å². The highest BCUT2D eigenvalue weighted by atomic mass is 32.1. The average Bonchev–Trinajstić information content (AvgIpc) is 1.94. The molecule has 0 aromatic rings. The minimum atomic E-state index is 0.936. The third kappa shape index (κ3) is 4.10. The molecule has 0 atom stereocenters. The maximum Gasteiger partial charge on any atom is 0.0370 e. The van der Waals surface area contributed by atoms with Crippen LogP contribution in [0.15, 0.2) is 24.3 Å². The van der Waals surface area contributed by atoms with Gasteiger partial charge in [0.25, 0.3) is 0 Å². The summed E-state index contributed by atoms with van der Waals surface area (Å²) in [5, 5.41) is 0. The van der Waals surface area contributed by atoms with Gasteiger partial charge in [0, 0.05) is 4.86 Å². The minimum absolute atomic E-state index is 0.936. The Bertz CT molecular complexity index is 118. The van der Waals surface area contributed by atoms with Crippen LogP contribution in [0.4, 0.5) is 0 Å². The van der Waals surface area contributed by atoms with Gasteiger partial charge in [-0.05, 0) is 18.6 Å². The summed E-state index contributed by atoms with van der Waals surface area (Å²) < 4.78 is 0. The smallest absolute Gasteiger partial charge is 0.0370 e. The second-order valence-electron chi connectivity index (χ2n) is 1.44. The summed E-state index contributed by atoms with van der Waals surface area (Å²) in [7, 11) is 0. The molecule has 0 aromatic carbocycles. The molecule has 0 aromatic heterocycles. The van der Waals surface area contributed by atoms with Crippen LogP contribution >= 0.6 is 12.2 Å². The molecule has 0 bridgehead atoms. The van der Waals surface area contributed by atoms with Gasteiger partial charge in [0.15, 0.2) is 0 Å². The molecule has 0 saturated carbocycles. The summed E-state index contributed by atoms with van der Waals surface area (Å²) in [6.45, 7) is 4.00. The van der Waals surface area contributed by atoms with Gasteiger partial charge in [-0.2, -0.15) is 0 Å². The van der Waals surface area contributed by atoms with Crippen molar-refractivity contribution in [3.63, 3.8) is 0 Å². The van der Waals surface area contributed by atoms with E-state index < -0.39 is 0 Å². The van der Waals surface area contributed by atoms with Gasteiger partial charge in [0.1, 0.15) is 0 Å². The van der Waals surface area contributed by atoms with E-state index in [4.69, 9.17) is 12.2 Å². The molecule has 0 N–H and O–H groups in total. The summed E-state index contributed by atoms with van der Waals surface area (Å²) in [6, 6.07) is 0. The highest BCUT2D eigenvalue weighted by Gasteiger charge is 1.84. The van der Waals surface area contributed by atoms with Crippen LogP contribution < -0.4 is 0 Å². The van der Waals surface area contributed by atoms with E-state index in [1.165, 1.54) is 0 Å². The van der Waals surface area contributed by atoms with Gasteiger partial charge in [-0.3, -0.25) is 0 Å². The van der Waals surface area contributed by atoms with E-state index in [9.17, 15) is 0 Å². The van der Waals surface area contributed by atoms with Gasteiger partial charge >= 0.3 is 0 Å². The van der Waals surface area contributed by atoms with Crippen molar-refractivity contribution >= 4 is 17.1 Å². The Kier molecular flexibility index (Phi) is 5.43. The quantitative estimate of drug-likeness (QED) is 0.466. The fraction of sp³-hybridized carbons (Fsp3) is 0.375. The predicted octanol–water partition coefficient (Wildman–Crippen LogP) is 2.90. The monoisotopic (exact) mass is 140 g/mol. The molecule has 0 amide bonds. The van der Waals surface area contributed by atoms with Gasteiger partial charge in [-0.1, -0.05) is 38.2 Å². The molecule has 1 rings (SSSR count). The van der Waals surface area contributed by atoms with E-state index in [0.717, 1.165) is 11.3 Å².